The molecular weight excluding hydrogens is 473 g/mol. The van der Waals surface area contributed by atoms with Crippen LogP contribution in [0.5, 0.6) is 0 Å². The molecule has 0 N–H and O–H groups in total. The van der Waals surface area contributed by atoms with E-state index in [4.69, 9.17) is 0 Å². The fraction of sp³-hybridized carbons (Fsp3) is 1.00. The zero-order chi connectivity index (χ0) is 22.7. The molecule has 4 nitrogen and oxygen atoms in total. The summed E-state index contributed by atoms with van der Waals surface area (Å²) in [5.74, 6) is 0. The quantitative estimate of drug-likeness (QED) is 0.0834. The molecule has 0 aliphatic heterocycles. The van der Waals surface area contributed by atoms with E-state index < -0.39 is 16.1 Å². The zero-order valence-electron chi connectivity index (χ0n) is 20.5. The van der Waals surface area contributed by atoms with Crippen LogP contribution in [-0.2, 0) is 25.6 Å². The van der Waals surface area contributed by atoms with Gasteiger partial charge in [-0.3, -0.25) is 0 Å². The Hall–Kier alpha value is 0.874. The van der Waals surface area contributed by atoms with Gasteiger partial charge in [0, 0.05) is 16.1 Å². The first-order valence-electron chi connectivity index (χ1n) is 12.9. The van der Waals surface area contributed by atoms with Crippen LogP contribution in [0, 0.1) is 0 Å². The van der Waals surface area contributed by atoms with Gasteiger partial charge in [-0.1, -0.05) is 129 Å². The van der Waals surface area contributed by atoms with Crippen molar-refractivity contribution in [1.29, 1.82) is 0 Å². The molecule has 7 heteroatoms. The van der Waals surface area contributed by atoms with Crippen LogP contribution in [0.1, 0.15) is 142 Å². The summed E-state index contributed by atoms with van der Waals surface area (Å²) in [7, 11) is -4.88. The Morgan fingerprint density at radius 1 is 0.419 bits per heavy atom. The van der Waals surface area contributed by atoms with E-state index in [9.17, 15) is 18.9 Å². The number of hydrogen-bond donors (Lipinski definition) is 0. The number of hydrogen-bond acceptors (Lipinski definition) is 4. The third kappa shape index (κ3) is 41.6. The molecule has 2 unspecified atom stereocenters. The summed E-state index contributed by atoms with van der Waals surface area (Å²) in [5.41, 5.74) is 0. The van der Waals surface area contributed by atoms with E-state index in [-0.39, 0.29) is 16.5 Å². The molecule has 0 aliphatic carbocycles. The smallest absolute Gasteiger partial charge is 0.802 e. The van der Waals surface area contributed by atoms with Crippen molar-refractivity contribution in [3.8, 4) is 0 Å². The van der Waals surface area contributed by atoms with E-state index in [0.717, 1.165) is 25.7 Å². The molecule has 0 spiro atoms. The van der Waals surface area contributed by atoms with Crippen LogP contribution >= 0.6 is 16.1 Å². The predicted octanol–water partition coefficient (Wildman–Crippen LogP) is 7.48. The summed E-state index contributed by atoms with van der Waals surface area (Å²) < 4.78 is 20.6. The number of rotatable bonds is 22. The zero-order valence-corrected chi connectivity index (χ0v) is 23.5. The molecule has 31 heavy (non-hydrogen) atoms. The summed E-state index contributed by atoms with van der Waals surface area (Å²) in [5, 5.41) is 0. The first-order valence-corrected chi connectivity index (χ1v) is 16.0. The maximum absolute atomic E-state index is 10.3. The SMILES string of the molecule is CCCCCCCCCCCC[PH](=O)[O-].CCCCCCCCCCCC[PH](=O)[O-].[Ni+2]. The molecule has 0 bridgehead atoms. The first kappa shape index (κ1) is 36.4. The van der Waals surface area contributed by atoms with Gasteiger partial charge in [0.05, 0.1) is 0 Å². The van der Waals surface area contributed by atoms with Crippen LogP contribution in [-0.4, -0.2) is 12.3 Å². The molecule has 0 fully saturated rings. The maximum atomic E-state index is 10.3. The Morgan fingerprint density at radius 3 is 0.806 bits per heavy atom. The summed E-state index contributed by atoms with van der Waals surface area (Å²) in [6, 6.07) is 0. The Bertz CT molecular complexity index is 337. The van der Waals surface area contributed by atoms with Crippen molar-refractivity contribution in [1.82, 2.24) is 0 Å². The van der Waals surface area contributed by atoms with E-state index in [1.807, 2.05) is 0 Å². The van der Waals surface area contributed by atoms with Gasteiger partial charge < -0.3 is 18.9 Å². The van der Waals surface area contributed by atoms with E-state index in [0.29, 0.717) is 12.3 Å². The standard InChI is InChI=1S/2C12H27O2P.Ni/c2*1-2-3-4-5-6-7-8-9-10-11-12-15(13)14;/h2*15H,2-12H2,1H3,(H,13,14);/q;;+2/p-2. The molecule has 0 radical (unpaired) electrons. The van der Waals surface area contributed by atoms with Gasteiger partial charge in [0.15, 0.2) is 0 Å². The average Bonchev–Trinajstić information content (AvgIpc) is 2.71. The molecule has 192 valence electrons. The topological polar surface area (TPSA) is 80.3 Å². The molecule has 0 aliphatic rings. The van der Waals surface area contributed by atoms with E-state index in [1.165, 1.54) is 103 Å². The van der Waals surface area contributed by atoms with Gasteiger partial charge in [-0.2, -0.15) is 0 Å². The Morgan fingerprint density at radius 2 is 0.613 bits per heavy atom. The van der Waals surface area contributed by atoms with Gasteiger partial charge in [0.2, 0.25) is 0 Å². The second-order valence-electron chi connectivity index (χ2n) is 8.61. The molecule has 0 aromatic rings. The van der Waals surface area contributed by atoms with Crippen molar-refractivity contribution >= 4 is 16.1 Å². The van der Waals surface area contributed by atoms with Crippen LogP contribution in [0.4, 0.5) is 0 Å². The fourth-order valence-corrected chi connectivity index (χ4v) is 4.59. The van der Waals surface area contributed by atoms with Crippen LogP contribution in [0.2, 0.25) is 0 Å². The summed E-state index contributed by atoms with van der Waals surface area (Å²) in [4.78, 5) is 20.6. The second kappa shape index (κ2) is 33.0. The molecular formula is C24H52NiO4P2. The molecule has 0 rings (SSSR count). The minimum Gasteiger partial charge on any atom is -0.802 e. The van der Waals surface area contributed by atoms with E-state index in [1.54, 1.807) is 0 Å². The van der Waals surface area contributed by atoms with Crippen molar-refractivity contribution in [3.63, 3.8) is 0 Å². The van der Waals surface area contributed by atoms with Gasteiger partial charge in [-0.25, -0.2) is 0 Å². The van der Waals surface area contributed by atoms with Crippen LogP contribution in [0.25, 0.3) is 0 Å². The van der Waals surface area contributed by atoms with E-state index >= 15 is 0 Å². The summed E-state index contributed by atoms with van der Waals surface area (Å²) >= 11 is 0. The van der Waals surface area contributed by atoms with Gasteiger partial charge in [-0.05, 0) is 25.2 Å². The predicted molar refractivity (Wildman–Crippen MR) is 131 cm³/mol. The molecule has 0 heterocycles. The van der Waals surface area contributed by atoms with Gasteiger partial charge in [0.25, 0.3) is 0 Å². The minimum absolute atomic E-state index is 0. The normalized spacial score (nSPS) is 12.5. The number of unbranched alkanes of at least 4 members (excludes halogenated alkanes) is 18. The molecule has 0 saturated carbocycles. The third-order valence-electron chi connectivity index (χ3n) is 5.47. The maximum Gasteiger partial charge on any atom is 2.00 e. The Balaban J connectivity index is -0.000000490. The van der Waals surface area contributed by atoms with Crippen molar-refractivity contribution in [2.75, 3.05) is 12.3 Å². The van der Waals surface area contributed by atoms with Crippen LogP contribution in [0.15, 0.2) is 0 Å². The summed E-state index contributed by atoms with van der Waals surface area (Å²) in [6.45, 7) is 4.48. The van der Waals surface area contributed by atoms with Crippen LogP contribution < -0.4 is 9.79 Å². The van der Waals surface area contributed by atoms with Crippen molar-refractivity contribution in [2.24, 2.45) is 0 Å². The monoisotopic (exact) mass is 524 g/mol. The van der Waals surface area contributed by atoms with E-state index in [2.05, 4.69) is 13.8 Å². The second-order valence-corrected chi connectivity index (χ2v) is 11.1. The molecule has 0 saturated heterocycles. The third-order valence-corrected chi connectivity index (χ3v) is 6.99. The average molecular weight is 525 g/mol. The largest absolute Gasteiger partial charge is 2.00 e. The minimum atomic E-state index is -2.44. The summed E-state index contributed by atoms with van der Waals surface area (Å²) in [6.07, 6.45) is 26.0. The Kier molecular flexibility index (Phi) is 38.9. The van der Waals surface area contributed by atoms with Crippen molar-refractivity contribution in [2.45, 2.75) is 142 Å². The van der Waals surface area contributed by atoms with Crippen LogP contribution in [0.3, 0.4) is 0 Å². The molecule has 2 atom stereocenters. The van der Waals surface area contributed by atoms with Crippen molar-refractivity contribution in [3.05, 3.63) is 0 Å². The van der Waals surface area contributed by atoms with Gasteiger partial charge >= 0.3 is 16.5 Å². The van der Waals surface area contributed by atoms with Gasteiger partial charge in [0.1, 0.15) is 0 Å². The molecule has 0 amide bonds. The fourth-order valence-electron chi connectivity index (χ4n) is 3.51. The van der Waals surface area contributed by atoms with Crippen molar-refractivity contribution < 1.29 is 35.4 Å². The molecule has 0 aromatic carbocycles. The first-order chi connectivity index (χ1) is 14.5. The molecule has 0 aromatic heterocycles. The van der Waals surface area contributed by atoms with Gasteiger partial charge in [-0.15, -0.1) is 0 Å². The Labute approximate surface area is 205 Å².